The minimum atomic E-state index is -1.31. The Labute approximate surface area is 132 Å². The van der Waals surface area contributed by atoms with Gasteiger partial charge in [0, 0.05) is 11.5 Å². The van der Waals surface area contributed by atoms with Gasteiger partial charge in [0.05, 0.1) is 5.71 Å². The van der Waals surface area contributed by atoms with Crippen LogP contribution in [-0.4, -0.2) is 28.9 Å². The quantitative estimate of drug-likeness (QED) is 0.143. The molecule has 0 atom stereocenters. The topological polar surface area (TPSA) is 108 Å². The van der Waals surface area contributed by atoms with E-state index in [2.05, 4.69) is 29.0 Å². The summed E-state index contributed by atoms with van der Waals surface area (Å²) in [6.07, 6.45) is 5.30. The first kappa shape index (κ1) is 20.2. The van der Waals surface area contributed by atoms with E-state index in [4.69, 9.17) is 15.5 Å². The Morgan fingerprint density at radius 2 is 1.95 bits per heavy atom. The van der Waals surface area contributed by atoms with E-state index in [1.54, 1.807) is 0 Å². The standard InChI is InChI=1S/C15H28N4O3/c1-12(2)9-10-13(8-6-5-7-11-17-19-16)18-22-15(3,4)14(20)21/h12H,5-11H2,1-4H3,(H,20,21)/b18-13-. The van der Waals surface area contributed by atoms with E-state index in [9.17, 15) is 4.79 Å². The highest BCUT2D eigenvalue weighted by Gasteiger charge is 2.29. The van der Waals surface area contributed by atoms with Crippen LogP contribution in [0.3, 0.4) is 0 Å². The van der Waals surface area contributed by atoms with Gasteiger partial charge < -0.3 is 9.94 Å². The van der Waals surface area contributed by atoms with Gasteiger partial charge >= 0.3 is 5.97 Å². The molecule has 0 heterocycles. The van der Waals surface area contributed by atoms with Crippen LogP contribution in [0.5, 0.6) is 0 Å². The van der Waals surface area contributed by atoms with Gasteiger partial charge in [-0.15, -0.1) is 0 Å². The molecule has 7 heteroatoms. The smallest absolute Gasteiger partial charge is 0.350 e. The number of oxime groups is 1. The molecule has 0 saturated heterocycles. The Morgan fingerprint density at radius 1 is 1.27 bits per heavy atom. The van der Waals surface area contributed by atoms with E-state index in [1.807, 2.05) is 0 Å². The van der Waals surface area contributed by atoms with E-state index in [0.29, 0.717) is 12.5 Å². The van der Waals surface area contributed by atoms with Gasteiger partial charge in [0.25, 0.3) is 0 Å². The van der Waals surface area contributed by atoms with E-state index < -0.39 is 11.6 Å². The minimum Gasteiger partial charge on any atom is -0.478 e. The molecule has 0 radical (unpaired) electrons. The molecule has 0 aliphatic rings. The maximum Gasteiger partial charge on any atom is 0.350 e. The second-order valence-electron chi connectivity index (χ2n) is 6.26. The number of unbranched alkanes of at least 4 members (excludes halogenated alkanes) is 2. The molecular formula is C15H28N4O3. The molecule has 0 bridgehead atoms. The van der Waals surface area contributed by atoms with Crippen LogP contribution in [0.15, 0.2) is 10.3 Å². The van der Waals surface area contributed by atoms with Gasteiger partial charge in [-0.05, 0) is 57.4 Å². The third kappa shape index (κ3) is 10.0. The van der Waals surface area contributed by atoms with Crippen molar-refractivity contribution in [3.63, 3.8) is 0 Å². The number of aliphatic carboxylic acids is 1. The summed E-state index contributed by atoms with van der Waals surface area (Å²) in [6, 6.07) is 0. The third-order valence-corrected chi connectivity index (χ3v) is 3.21. The number of azide groups is 1. The highest BCUT2D eigenvalue weighted by Crippen LogP contribution is 2.14. The van der Waals surface area contributed by atoms with Crippen molar-refractivity contribution in [1.29, 1.82) is 0 Å². The zero-order valence-electron chi connectivity index (χ0n) is 14.1. The normalized spacial score (nSPS) is 12.1. The Bertz CT molecular complexity index is 413. The Morgan fingerprint density at radius 3 is 2.50 bits per heavy atom. The molecule has 0 aromatic heterocycles. The fourth-order valence-corrected chi connectivity index (χ4v) is 1.62. The van der Waals surface area contributed by atoms with Gasteiger partial charge in [0.15, 0.2) is 0 Å². The summed E-state index contributed by atoms with van der Waals surface area (Å²) in [5.74, 6) is -0.475. The van der Waals surface area contributed by atoms with Crippen LogP contribution < -0.4 is 0 Å². The van der Waals surface area contributed by atoms with Crippen LogP contribution in [0.25, 0.3) is 10.4 Å². The average molecular weight is 312 g/mol. The second-order valence-corrected chi connectivity index (χ2v) is 6.26. The molecule has 0 aromatic rings. The van der Waals surface area contributed by atoms with Gasteiger partial charge in [-0.25, -0.2) is 4.79 Å². The maximum atomic E-state index is 11.0. The molecule has 0 saturated carbocycles. The molecule has 0 unspecified atom stereocenters. The molecule has 0 spiro atoms. The van der Waals surface area contributed by atoms with Crippen molar-refractivity contribution in [2.24, 2.45) is 16.2 Å². The third-order valence-electron chi connectivity index (χ3n) is 3.21. The van der Waals surface area contributed by atoms with Gasteiger partial charge in [-0.1, -0.05) is 30.5 Å². The molecule has 0 aliphatic carbocycles. The van der Waals surface area contributed by atoms with E-state index >= 15 is 0 Å². The monoisotopic (exact) mass is 312 g/mol. The lowest BCUT2D eigenvalue weighted by Gasteiger charge is -2.18. The lowest BCUT2D eigenvalue weighted by Crippen LogP contribution is -2.33. The van der Waals surface area contributed by atoms with Crippen LogP contribution in [0.1, 0.15) is 66.2 Å². The Kier molecular flexibility index (Phi) is 10.0. The first-order valence-electron chi connectivity index (χ1n) is 7.77. The highest BCUT2D eigenvalue weighted by atomic mass is 16.7. The summed E-state index contributed by atoms with van der Waals surface area (Å²) in [4.78, 5) is 18.9. The lowest BCUT2D eigenvalue weighted by molar-refractivity contribution is -0.161. The predicted molar refractivity (Wildman–Crippen MR) is 86.8 cm³/mol. The van der Waals surface area contributed by atoms with Crippen molar-refractivity contribution in [1.82, 2.24) is 0 Å². The minimum absolute atomic E-state index is 0.511. The first-order chi connectivity index (χ1) is 10.3. The van der Waals surface area contributed by atoms with E-state index in [-0.39, 0.29) is 0 Å². The number of hydrogen-bond acceptors (Lipinski definition) is 4. The van der Waals surface area contributed by atoms with Crippen molar-refractivity contribution in [3.8, 4) is 0 Å². The van der Waals surface area contributed by atoms with Crippen molar-refractivity contribution in [2.75, 3.05) is 6.54 Å². The zero-order chi connectivity index (χ0) is 17.0. The van der Waals surface area contributed by atoms with Gasteiger partial charge in [-0.3, -0.25) is 0 Å². The van der Waals surface area contributed by atoms with Crippen LogP contribution in [0.2, 0.25) is 0 Å². The summed E-state index contributed by atoms with van der Waals surface area (Å²) in [7, 11) is 0. The highest BCUT2D eigenvalue weighted by molar-refractivity contribution is 5.84. The molecule has 7 nitrogen and oxygen atoms in total. The largest absolute Gasteiger partial charge is 0.478 e. The van der Waals surface area contributed by atoms with Crippen molar-refractivity contribution < 1.29 is 14.7 Å². The Balaban J connectivity index is 4.42. The SMILES string of the molecule is CC(C)CC/C(CCCCCN=[N+]=[N-])=N\OC(C)(C)C(=O)O. The summed E-state index contributed by atoms with van der Waals surface area (Å²) < 4.78 is 0. The summed E-state index contributed by atoms with van der Waals surface area (Å²) in [6.45, 7) is 7.76. The fraction of sp³-hybridized carbons (Fsp3) is 0.867. The average Bonchev–Trinajstić information content (AvgIpc) is 2.44. The first-order valence-corrected chi connectivity index (χ1v) is 7.77. The molecule has 126 valence electrons. The molecule has 0 aromatic carbocycles. The van der Waals surface area contributed by atoms with Crippen molar-refractivity contribution in [3.05, 3.63) is 10.4 Å². The molecule has 0 fully saturated rings. The number of rotatable bonds is 12. The van der Waals surface area contributed by atoms with Crippen LogP contribution in [0, 0.1) is 5.92 Å². The van der Waals surface area contributed by atoms with E-state index in [1.165, 1.54) is 13.8 Å². The second kappa shape index (κ2) is 10.9. The molecule has 0 rings (SSSR count). The van der Waals surface area contributed by atoms with E-state index in [0.717, 1.165) is 44.2 Å². The van der Waals surface area contributed by atoms with Gasteiger partial charge in [0.2, 0.25) is 5.60 Å². The zero-order valence-corrected chi connectivity index (χ0v) is 14.1. The number of carboxylic acid groups (broad SMARTS) is 1. The van der Waals surface area contributed by atoms with Gasteiger partial charge in [-0.2, -0.15) is 0 Å². The van der Waals surface area contributed by atoms with Crippen LogP contribution in [0.4, 0.5) is 0 Å². The van der Waals surface area contributed by atoms with Crippen LogP contribution >= 0.6 is 0 Å². The van der Waals surface area contributed by atoms with Gasteiger partial charge in [0.1, 0.15) is 0 Å². The molecule has 1 N–H and O–H groups in total. The predicted octanol–water partition coefficient (Wildman–Crippen LogP) is 4.53. The molecule has 22 heavy (non-hydrogen) atoms. The Hall–Kier alpha value is -1.75. The van der Waals surface area contributed by atoms with Crippen LogP contribution in [-0.2, 0) is 9.63 Å². The number of carbonyl (C=O) groups is 1. The maximum absolute atomic E-state index is 11.0. The molecule has 0 amide bonds. The van der Waals surface area contributed by atoms with Crippen molar-refractivity contribution in [2.45, 2.75) is 71.8 Å². The number of hydrogen-bond donors (Lipinski definition) is 1. The summed E-state index contributed by atoms with van der Waals surface area (Å²) in [5.41, 5.74) is 7.78. The molecular weight excluding hydrogens is 284 g/mol. The number of nitrogens with zero attached hydrogens (tertiary/aromatic N) is 4. The summed E-state index contributed by atoms with van der Waals surface area (Å²) >= 11 is 0. The number of carboxylic acids is 1. The van der Waals surface area contributed by atoms with Crippen molar-refractivity contribution >= 4 is 11.7 Å². The molecule has 0 aliphatic heterocycles. The lowest BCUT2D eigenvalue weighted by atomic mass is 10.0. The fourth-order valence-electron chi connectivity index (χ4n) is 1.62. The summed E-state index contributed by atoms with van der Waals surface area (Å²) in [5, 5.41) is 16.6.